The lowest BCUT2D eigenvalue weighted by molar-refractivity contribution is 0.583. The lowest BCUT2D eigenvalue weighted by Crippen LogP contribution is -2.40. The van der Waals surface area contributed by atoms with Crippen molar-refractivity contribution in [2.24, 2.45) is 0 Å². The Morgan fingerprint density at radius 1 is 0.879 bits per heavy atom. The van der Waals surface area contributed by atoms with Crippen LogP contribution in [0.15, 0.2) is 92.2 Å². The van der Waals surface area contributed by atoms with Gasteiger partial charge in [0, 0.05) is 6.54 Å². The number of fused-ring (bicyclic) bond motifs is 2. The second-order valence-electron chi connectivity index (χ2n) is 7.48. The molecule has 0 saturated carbocycles. The van der Waals surface area contributed by atoms with Gasteiger partial charge in [-0.3, -0.25) is 9.10 Å². The Labute approximate surface area is 188 Å². The molecular formula is C22H17N3O6S2. The number of benzene rings is 3. The van der Waals surface area contributed by atoms with E-state index >= 15 is 0 Å². The highest BCUT2D eigenvalue weighted by molar-refractivity contribution is 7.94. The van der Waals surface area contributed by atoms with Crippen LogP contribution in [0.4, 0.5) is 5.69 Å². The molecule has 0 fully saturated rings. The van der Waals surface area contributed by atoms with Crippen molar-refractivity contribution in [3.63, 3.8) is 0 Å². The molecule has 0 atom stereocenters. The predicted molar refractivity (Wildman–Crippen MR) is 123 cm³/mol. The number of nitrogens with zero attached hydrogens (tertiary/aromatic N) is 2. The van der Waals surface area contributed by atoms with E-state index in [0.717, 1.165) is 8.87 Å². The molecule has 0 bridgehead atoms. The third-order valence-corrected chi connectivity index (χ3v) is 9.05. The van der Waals surface area contributed by atoms with Crippen molar-refractivity contribution in [1.82, 2.24) is 9.55 Å². The zero-order valence-electron chi connectivity index (χ0n) is 17.0. The number of H-pyrrole nitrogens is 1. The molecule has 4 aromatic rings. The van der Waals surface area contributed by atoms with E-state index in [1.54, 1.807) is 30.3 Å². The molecule has 9 nitrogen and oxygen atoms in total. The molecular weight excluding hydrogens is 466 g/mol. The Kier molecular flexibility index (Phi) is 4.76. The highest BCUT2D eigenvalue weighted by Gasteiger charge is 2.35. The third-order valence-electron chi connectivity index (χ3n) is 5.50. The minimum Gasteiger partial charge on any atom is -0.306 e. The van der Waals surface area contributed by atoms with Gasteiger partial charge in [0.15, 0.2) is 9.84 Å². The molecule has 0 unspecified atom stereocenters. The Hall–Kier alpha value is -3.70. The molecule has 3 aromatic carbocycles. The summed E-state index contributed by atoms with van der Waals surface area (Å²) in [5, 5.41) is 0.278. The number of para-hydroxylation sites is 2. The summed E-state index contributed by atoms with van der Waals surface area (Å²) in [5.74, 6) is -0.354. The fourth-order valence-electron chi connectivity index (χ4n) is 3.92. The van der Waals surface area contributed by atoms with Gasteiger partial charge in [0.25, 0.3) is 15.6 Å². The van der Waals surface area contributed by atoms with Crippen LogP contribution in [0.2, 0.25) is 0 Å². The van der Waals surface area contributed by atoms with E-state index in [1.807, 2.05) is 0 Å². The molecule has 5 rings (SSSR count). The van der Waals surface area contributed by atoms with E-state index in [1.165, 1.54) is 42.5 Å². The maximum absolute atomic E-state index is 13.5. The average molecular weight is 484 g/mol. The molecule has 11 heteroatoms. The average Bonchev–Trinajstić information content (AvgIpc) is 2.79. The fraction of sp³-hybridized carbons (Fsp3) is 0.0909. The Balaban J connectivity index is 1.66. The molecule has 33 heavy (non-hydrogen) atoms. The molecule has 0 radical (unpaired) electrons. The SMILES string of the molecule is O=c1[nH]c2ccccc2c(=O)n1-c1cccc(S(=O)(=O)N2CCS(=O)(=O)c3ccccc32)c1. The van der Waals surface area contributed by atoms with Crippen LogP contribution in [-0.2, 0) is 19.9 Å². The molecule has 2 heterocycles. The van der Waals surface area contributed by atoms with E-state index in [4.69, 9.17) is 0 Å². The van der Waals surface area contributed by atoms with Crippen LogP contribution in [0.1, 0.15) is 0 Å². The summed E-state index contributed by atoms with van der Waals surface area (Å²) in [5.41, 5.74) is -0.777. The quantitative estimate of drug-likeness (QED) is 0.472. The predicted octanol–water partition coefficient (Wildman–Crippen LogP) is 1.66. The van der Waals surface area contributed by atoms with Gasteiger partial charge in [0.2, 0.25) is 0 Å². The van der Waals surface area contributed by atoms with Crippen LogP contribution in [-0.4, -0.2) is 38.7 Å². The molecule has 0 spiro atoms. The van der Waals surface area contributed by atoms with Crippen molar-refractivity contribution in [2.45, 2.75) is 9.79 Å². The van der Waals surface area contributed by atoms with Gasteiger partial charge in [-0.2, -0.15) is 0 Å². The van der Waals surface area contributed by atoms with E-state index < -0.39 is 31.1 Å². The Morgan fingerprint density at radius 2 is 1.61 bits per heavy atom. The summed E-state index contributed by atoms with van der Waals surface area (Å²) in [6.07, 6.45) is 0. The number of hydrogen-bond acceptors (Lipinski definition) is 6. The summed E-state index contributed by atoms with van der Waals surface area (Å²) >= 11 is 0. The van der Waals surface area contributed by atoms with Crippen molar-refractivity contribution in [1.29, 1.82) is 0 Å². The number of aromatic amines is 1. The number of rotatable bonds is 3. The zero-order valence-corrected chi connectivity index (χ0v) is 18.6. The van der Waals surface area contributed by atoms with Gasteiger partial charge in [-0.1, -0.05) is 30.3 Å². The topological polar surface area (TPSA) is 126 Å². The van der Waals surface area contributed by atoms with Gasteiger partial charge in [0.1, 0.15) is 0 Å². The molecule has 1 aliphatic heterocycles. The summed E-state index contributed by atoms with van der Waals surface area (Å²) in [4.78, 5) is 28.0. The maximum atomic E-state index is 13.5. The van der Waals surface area contributed by atoms with E-state index in [-0.39, 0.29) is 38.8 Å². The highest BCUT2D eigenvalue weighted by atomic mass is 32.2. The minimum absolute atomic E-state index is 0.0572. The van der Waals surface area contributed by atoms with Crippen molar-refractivity contribution >= 4 is 36.5 Å². The van der Waals surface area contributed by atoms with Gasteiger partial charge >= 0.3 is 5.69 Å². The van der Waals surface area contributed by atoms with E-state index in [2.05, 4.69) is 4.98 Å². The van der Waals surface area contributed by atoms with Crippen LogP contribution < -0.4 is 15.6 Å². The van der Waals surface area contributed by atoms with Crippen molar-refractivity contribution in [2.75, 3.05) is 16.6 Å². The first-order chi connectivity index (χ1) is 15.7. The monoisotopic (exact) mass is 483 g/mol. The van der Waals surface area contributed by atoms with E-state index in [9.17, 15) is 26.4 Å². The summed E-state index contributed by atoms with van der Waals surface area (Å²) in [6, 6.07) is 17.9. The molecule has 1 aliphatic rings. The molecule has 1 aromatic heterocycles. The number of anilines is 1. The Bertz CT molecular complexity index is 1750. The van der Waals surface area contributed by atoms with Crippen LogP contribution in [0.3, 0.4) is 0 Å². The number of sulfone groups is 1. The standard InChI is InChI=1S/C22H17N3O6S2/c26-21-17-8-1-2-9-18(17)23-22(27)25(21)15-6-5-7-16(14-15)33(30,31)24-12-13-32(28,29)20-11-4-3-10-19(20)24/h1-11,14H,12-13H2,(H,23,27). The number of nitrogens with one attached hydrogen (secondary N) is 1. The minimum atomic E-state index is -4.18. The van der Waals surface area contributed by atoms with E-state index in [0.29, 0.717) is 5.52 Å². The third kappa shape index (κ3) is 3.36. The largest absolute Gasteiger partial charge is 0.333 e. The van der Waals surface area contributed by atoms with Crippen LogP contribution in [0.5, 0.6) is 0 Å². The van der Waals surface area contributed by atoms with Crippen LogP contribution in [0, 0.1) is 0 Å². The number of hydrogen-bond donors (Lipinski definition) is 1. The summed E-state index contributed by atoms with van der Waals surface area (Å²) in [6.45, 7) is -0.248. The first-order valence-electron chi connectivity index (χ1n) is 9.89. The van der Waals surface area contributed by atoms with Crippen molar-refractivity contribution < 1.29 is 16.8 Å². The second kappa shape index (κ2) is 7.42. The molecule has 0 aliphatic carbocycles. The van der Waals surface area contributed by atoms with Gasteiger partial charge < -0.3 is 4.98 Å². The van der Waals surface area contributed by atoms with Crippen molar-refractivity contribution in [3.05, 3.63) is 93.6 Å². The smallest absolute Gasteiger partial charge is 0.306 e. The lowest BCUT2D eigenvalue weighted by atomic mass is 10.2. The maximum Gasteiger partial charge on any atom is 0.333 e. The number of aromatic nitrogens is 2. The Morgan fingerprint density at radius 3 is 2.42 bits per heavy atom. The molecule has 0 saturated heterocycles. The molecule has 1 N–H and O–H groups in total. The molecule has 0 amide bonds. The second-order valence-corrected chi connectivity index (χ2v) is 11.4. The first-order valence-corrected chi connectivity index (χ1v) is 13.0. The van der Waals surface area contributed by atoms with Gasteiger partial charge in [-0.25, -0.2) is 26.2 Å². The van der Waals surface area contributed by atoms with Crippen molar-refractivity contribution in [3.8, 4) is 5.69 Å². The normalized spacial score (nSPS) is 15.3. The highest BCUT2D eigenvalue weighted by Crippen LogP contribution is 2.34. The van der Waals surface area contributed by atoms with Gasteiger partial charge in [0.05, 0.1) is 37.8 Å². The summed E-state index contributed by atoms with van der Waals surface area (Å²) in [7, 11) is -7.78. The van der Waals surface area contributed by atoms with Crippen LogP contribution >= 0.6 is 0 Å². The molecule has 168 valence electrons. The zero-order chi connectivity index (χ0) is 23.4. The number of sulfonamides is 1. The summed E-state index contributed by atoms with van der Waals surface area (Å²) < 4.78 is 53.7. The fourth-order valence-corrected chi connectivity index (χ4v) is 7.04. The van der Waals surface area contributed by atoms with Gasteiger partial charge in [-0.05, 0) is 42.5 Å². The first kappa shape index (κ1) is 21.2. The lowest BCUT2D eigenvalue weighted by Gasteiger charge is -2.30. The van der Waals surface area contributed by atoms with Crippen LogP contribution in [0.25, 0.3) is 16.6 Å². The van der Waals surface area contributed by atoms with Gasteiger partial charge in [-0.15, -0.1) is 0 Å².